The van der Waals surface area contributed by atoms with Crippen LogP contribution in [0.25, 0.3) is 0 Å². The quantitative estimate of drug-likeness (QED) is 0.783. The van der Waals surface area contributed by atoms with Gasteiger partial charge in [-0.3, -0.25) is 9.36 Å². The monoisotopic (exact) mass is 305 g/mol. The van der Waals surface area contributed by atoms with Crippen LogP contribution in [0.2, 0.25) is 0 Å². The Kier molecular flexibility index (Phi) is 5.74. The number of nitrogens with one attached hydrogen (secondary N) is 1. The van der Waals surface area contributed by atoms with E-state index < -0.39 is 12.9 Å². The van der Waals surface area contributed by atoms with Crippen LogP contribution in [0.4, 0.5) is 0 Å². The van der Waals surface area contributed by atoms with Crippen molar-refractivity contribution in [2.45, 2.75) is 33.0 Å². The van der Waals surface area contributed by atoms with Gasteiger partial charge in [0.05, 0.1) is 18.1 Å². The molecule has 1 heterocycles. The van der Waals surface area contributed by atoms with Crippen LogP contribution >= 0.6 is 18.9 Å². The normalized spacial score (nSPS) is 12.4. The van der Waals surface area contributed by atoms with Gasteiger partial charge in [-0.2, -0.15) is 0 Å². The molecular formula is C12H20NO4PS. The van der Waals surface area contributed by atoms with Crippen LogP contribution in [0.15, 0.2) is 17.5 Å². The number of hydrogen-bond donors (Lipinski definition) is 1. The summed E-state index contributed by atoms with van der Waals surface area (Å²) in [5.41, 5.74) is 0. The molecule has 5 nitrogen and oxygen atoms in total. The number of rotatable bonds is 7. The van der Waals surface area contributed by atoms with Crippen LogP contribution in [0.5, 0.6) is 0 Å². The highest BCUT2D eigenvalue weighted by Crippen LogP contribution is 2.58. The summed E-state index contributed by atoms with van der Waals surface area (Å²) in [4.78, 5) is 12.6. The number of thiophene rings is 1. The molecule has 7 heteroatoms. The molecule has 108 valence electrons. The first kappa shape index (κ1) is 16.4. The second-order valence-electron chi connectivity index (χ2n) is 4.32. The predicted octanol–water partition coefficient (Wildman–Crippen LogP) is 3.48. The van der Waals surface area contributed by atoms with Gasteiger partial charge in [-0.25, -0.2) is 0 Å². The highest BCUT2D eigenvalue weighted by molar-refractivity contribution is 7.55. The van der Waals surface area contributed by atoms with Gasteiger partial charge >= 0.3 is 7.60 Å². The Morgan fingerprint density at radius 1 is 1.37 bits per heavy atom. The van der Waals surface area contributed by atoms with Crippen molar-refractivity contribution in [1.82, 2.24) is 5.32 Å². The Hall–Kier alpha value is -0.680. The average molecular weight is 305 g/mol. The fourth-order valence-corrected chi connectivity index (χ4v) is 3.77. The highest BCUT2D eigenvalue weighted by Gasteiger charge is 2.44. The van der Waals surface area contributed by atoms with Crippen LogP contribution in [-0.4, -0.2) is 24.4 Å². The Labute approximate surface area is 117 Å². The minimum Gasteiger partial charge on any atom is -0.335 e. The number of amides is 1. The fourth-order valence-electron chi connectivity index (χ4n) is 1.52. The fraction of sp³-hybridized carbons (Fsp3) is 0.583. The molecule has 0 unspecified atom stereocenters. The predicted molar refractivity (Wildman–Crippen MR) is 76.7 cm³/mol. The van der Waals surface area contributed by atoms with E-state index in [0.29, 0.717) is 4.88 Å². The minimum absolute atomic E-state index is 0.260. The summed E-state index contributed by atoms with van der Waals surface area (Å²) >= 11 is 1.33. The maximum Gasteiger partial charge on any atom is 0.355 e. The number of carbonyl (C=O) groups excluding carboxylic acids is 1. The molecule has 0 saturated carbocycles. The topological polar surface area (TPSA) is 64.6 Å². The van der Waals surface area contributed by atoms with E-state index in [2.05, 4.69) is 5.32 Å². The lowest BCUT2D eigenvalue weighted by Crippen LogP contribution is -2.44. The standard InChI is InChI=1S/C12H20NO4PS/c1-5-16-18(15,17-6-2)12(3,4)13-11(14)10-8-7-9-19-10/h7-9H,5-6H2,1-4H3,(H,13,14). The SMILES string of the molecule is CCOP(=O)(OCC)C(C)(C)NC(=O)c1cccs1. The number of carbonyl (C=O) groups is 1. The first-order valence-electron chi connectivity index (χ1n) is 6.11. The third-order valence-corrected chi connectivity index (χ3v) is 5.99. The second-order valence-corrected chi connectivity index (χ2v) is 7.90. The van der Waals surface area contributed by atoms with Gasteiger partial charge in [0.2, 0.25) is 0 Å². The smallest absolute Gasteiger partial charge is 0.335 e. The third-order valence-electron chi connectivity index (χ3n) is 2.45. The molecule has 0 spiro atoms. The third kappa shape index (κ3) is 3.89. The molecule has 0 aliphatic rings. The average Bonchev–Trinajstić information content (AvgIpc) is 2.82. The molecule has 0 radical (unpaired) electrons. The van der Waals surface area contributed by atoms with Gasteiger partial charge in [-0.15, -0.1) is 11.3 Å². The van der Waals surface area contributed by atoms with E-state index in [4.69, 9.17) is 9.05 Å². The molecule has 1 N–H and O–H groups in total. The number of hydrogen-bond acceptors (Lipinski definition) is 5. The van der Waals surface area contributed by atoms with Crippen molar-refractivity contribution in [3.05, 3.63) is 22.4 Å². The molecular weight excluding hydrogens is 285 g/mol. The zero-order chi connectivity index (χ0) is 14.5. The first-order chi connectivity index (χ1) is 8.86. The zero-order valence-electron chi connectivity index (χ0n) is 11.6. The Balaban J connectivity index is 2.88. The van der Waals surface area contributed by atoms with Crippen LogP contribution in [0.3, 0.4) is 0 Å². The van der Waals surface area contributed by atoms with Crippen molar-refractivity contribution >= 4 is 24.8 Å². The summed E-state index contributed by atoms with van der Waals surface area (Å²) in [7, 11) is -3.41. The van der Waals surface area contributed by atoms with Crippen LogP contribution in [0, 0.1) is 0 Å². The summed E-state index contributed by atoms with van der Waals surface area (Å²) in [6.07, 6.45) is 0. The molecule has 0 atom stereocenters. The molecule has 0 saturated heterocycles. The summed E-state index contributed by atoms with van der Waals surface area (Å²) in [6, 6.07) is 3.50. The van der Waals surface area contributed by atoms with E-state index in [-0.39, 0.29) is 19.1 Å². The lowest BCUT2D eigenvalue weighted by molar-refractivity contribution is 0.0920. The molecule has 1 amide bonds. The van der Waals surface area contributed by atoms with Gasteiger partial charge in [0, 0.05) is 0 Å². The van der Waals surface area contributed by atoms with Crippen molar-refractivity contribution in [3.63, 3.8) is 0 Å². The maximum absolute atomic E-state index is 12.7. The van der Waals surface area contributed by atoms with E-state index in [0.717, 1.165) is 0 Å². The minimum atomic E-state index is -3.41. The van der Waals surface area contributed by atoms with Gasteiger partial charge in [-0.05, 0) is 39.1 Å². The molecule has 0 aliphatic carbocycles. The second kappa shape index (κ2) is 6.66. The van der Waals surface area contributed by atoms with E-state index in [1.54, 1.807) is 39.8 Å². The van der Waals surface area contributed by atoms with Gasteiger partial charge in [0.15, 0.2) is 0 Å². The molecule has 1 aromatic rings. The van der Waals surface area contributed by atoms with Gasteiger partial charge < -0.3 is 14.4 Å². The van der Waals surface area contributed by atoms with E-state index in [1.807, 2.05) is 5.38 Å². The summed E-state index contributed by atoms with van der Waals surface area (Å²) in [6.45, 7) is 7.28. The Morgan fingerprint density at radius 3 is 2.37 bits per heavy atom. The zero-order valence-corrected chi connectivity index (χ0v) is 13.3. The molecule has 1 rings (SSSR count). The summed E-state index contributed by atoms with van der Waals surface area (Å²) in [5, 5.41) is 3.46. The Bertz CT molecular complexity index is 448. The largest absolute Gasteiger partial charge is 0.355 e. The van der Waals surface area contributed by atoms with Crippen molar-refractivity contribution in [2.75, 3.05) is 13.2 Å². The first-order valence-corrected chi connectivity index (χ1v) is 8.53. The molecule has 19 heavy (non-hydrogen) atoms. The van der Waals surface area contributed by atoms with E-state index in [9.17, 15) is 9.36 Å². The van der Waals surface area contributed by atoms with Crippen molar-refractivity contribution in [2.24, 2.45) is 0 Å². The Morgan fingerprint density at radius 2 is 1.95 bits per heavy atom. The van der Waals surface area contributed by atoms with Crippen LogP contribution in [-0.2, 0) is 13.6 Å². The lowest BCUT2D eigenvalue weighted by atomic mass is 10.3. The molecule has 1 aromatic heterocycles. The summed E-state index contributed by atoms with van der Waals surface area (Å²) < 4.78 is 23.2. The van der Waals surface area contributed by atoms with Crippen molar-refractivity contribution in [3.8, 4) is 0 Å². The van der Waals surface area contributed by atoms with Crippen LogP contribution in [0.1, 0.15) is 37.4 Å². The molecule has 0 aromatic carbocycles. The van der Waals surface area contributed by atoms with Gasteiger partial charge in [0.1, 0.15) is 5.28 Å². The van der Waals surface area contributed by atoms with Crippen LogP contribution < -0.4 is 5.32 Å². The maximum atomic E-state index is 12.7. The molecule has 0 aliphatic heterocycles. The van der Waals surface area contributed by atoms with Gasteiger partial charge in [-0.1, -0.05) is 6.07 Å². The molecule has 0 bridgehead atoms. The van der Waals surface area contributed by atoms with E-state index >= 15 is 0 Å². The van der Waals surface area contributed by atoms with E-state index in [1.165, 1.54) is 11.3 Å². The lowest BCUT2D eigenvalue weighted by Gasteiger charge is -2.33. The molecule has 0 fully saturated rings. The highest BCUT2D eigenvalue weighted by atomic mass is 32.1. The van der Waals surface area contributed by atoms with Gasteiger partial charge in [0.25, 0.3) is 5.91 Å². The van der Waals surface area contributed by atoms with Crippen molar-refractivity contribution < 1.29 is 18.4 Å². The summed E-state index contributed by atoms with van der Waals surface area (Å²) in [5.74, 6) is -0.278. The van der Waals surface area contributed by atoms with Crippen molar-refractivity contribution in [1.29, 1.82) is 0 Å².